The van der Waals surface area contributed by atoms with Crippen molar-refractivity contribution in [2.45, 2.75) is 38.3 Å². The Labute approximate surface area is 83.5 Å². The molecule has 3 rings (SSSR count). The first-order chi connectivity index (χ1) is 6.69. The minimum atomic E-state index is -0.707. The number of hydrogen-bond acceptors (Lipinski definition) is 1. The fourth-order valence-corrected chi connectivity index (χ4v) is 2.72. The quantitative estimate of drug-likeness (QED) is 0.627. The van der Waals surface area contributed by atoms with Gasteiger partial charge >= 0.3 is 0 Å². The van der Waals surface area contributed by atoms with Gasteiger partial charge in [-0.15, -0.1) is 0 Å². The molecule has 0 aromatic carbocycles. The summed E-state index contributed by atoms with van der Waals surface area (Å²) in [6.07, 6.45) is 4.02. The highest BCUT2D eigenvalue weighted by Crippen LogP contribution is 2.53. The molecular formula is C11H16FNO. The van der Waals surface area contributed by atoms with Crippen LogP contribution in [0.15, 0.2) is 0 Å². The molecule has 3 aliphatic rings. The molecule has 2 nitrogen and oxygen atoms in total. The predicted octanol–water partition coefficient (Wildman–Crippen LogP) is 1.75. The van der Waals surface area contributed by atoms with E-state index in [-0.39, 0.29) is 11.8 Å². The van der Waals surface area contributed by atoms with Crippen molar-refractivity contribution in [3.8, 4) is 0 Å². The molecular weight excluding hydrogens is 181 g/mol. The van der Waals surface area contributed by atoms with Crippen LogP contribution in [0, 0.1) is 11.3 Å². The summed E-state index contributed by atoms with van der Waals surface area (Å²) >= 11 is 0. The van der Waals surface area contributed by atoms with Crippen LogP contribution in [-0.4, -0.2) is 30.1 Å². The van der Waals surface area contributed by atoms with Crippen molar-refractivity contribution in [1.82, 2.24) is 4.90 Å². The lowest BCUT2D eigenvalue weighted by Crippen LogP contribution is -2.41. The number of alkyl halides is 1. The SMILES string of the molecule is O=C(C1CC(F)C1)N1CCC2(CC2)C1. The molecule has 78 valence electrons. The van der Waals surface area contributed by atoms with E-state index >= 15 is 0 Å². The summed E-state index contributed by atoms with van der Waals surface area (Å²) in [6.45, 7) is 1.88. The van der Waals surface area contributed by atoms with Crippen LogP contribution in [0.25, 0.3) is 0 Å². The van der Waals surface area contributed by atoms with Gasteiger partial charge in [0.15, 0.2) is 0 Å². The number of halogens is 1. The standard InChI is InChI=1S/C11H16FNO/c12-9-5-8(6-9)10(14)13-4-3-11(7-13)1-2-11/h8-9H,1-7H2. The number of carbonyl (C=O) groups is 1. The van der Waals surface area contributed by atoms with E-state index in [4.69, 9.17) is 0 Å². The van der Waals surface area contributed by atoms with E-state index in [1.54, 1.807) is 0 Å². The molecule has 0 bridgehead atoms. The predicted molar refractivity (Wildman–Crippen MR) is 50.5 cm³/mol. The Morgan fingerprint density at radius 1 is 1.29 bits per heavy atom. The Balaban J connectivity index is 1.58. The van der Waals surface area contributed by atoms with Crippen LogP contribution in [-0.2, 0) is 4.79 Å². The average molecular weight is 197 g/mol. The van der Waals surface area contributed by atoms with Gasteiger partial charge in [-0.2, -0.15) is 0 Å². The first kappa shape index (κ1) is 8.69. The fraction of sp³-hybridized carbons (Fsp3) is 0.909. The van der Waals surface area contributed by atoms with Gasteiger partial charge in [0.1, 0.15) is 6.17 Å². The molecule has 1 spiro atoms. The Hall–Kier alpha value is -0.600. The van der Waals surface area contributed by atoms with E-state index in [0.717, 1.165) is 13.1 Å². The smallest absolute Gasteiger partial charge is 0.225 e. The second kappa shape index (κ2) is 2.71. The van der Waals surface area contributed by atoms with Crippen molar-refractivity contribution in [1.29, 1.82) is 0 Å². The molecule has 3 fully saturated rings. The van der Waals surface area contributed by atoms with Crippen molar-refractivity contribution in [2.24, 2.45) is 11.3 Å². The maximum atomic E-state index is 12.6. The highest BCUT2D eigenvalue weighted by Gasteiger charge is 2.50. The second-order valence-electron chi connectivity index (χ2n) is 5.28. The Morgan fingerprint density at radius 3 is 2.50 bits per heavy atom. The van der Waals surface area contributed by atoms with Crippen LogP contribution in [0.4, 0.5) is 4.39 Å². The Morgan fingerprint density at radius 2 is 2.00 bits per heavy atom. The average Bonchev–Trinajstić information content (AvgIpc) is 2.70. The van der Waals surface area contributed by atoms with Crippen molar-refractivity contribution in [3.05, 3.63) is 0 Å². The second-order valence-corrected chi connectivity index (χ2v) is 5.28. The van der Waals surface area contributed by atoms with Gasteiger partial charge in [0.25, 0.3) is 0 Å². The summed E-state index contributed by atoms with van der Waals surface area (Å²) in [5.74, 6) is 0.238. The van der Waals surface area contributed by atoms with Gasteiger partial charge in [0.05, 0.1) is 0 Å². The van der Waals surface area contributed by atoms with Crippen LogP contribution < -0.4 is 0 Å². The number of hydrogen-bond donors (Lipinski definition) is 0. The Bertz CT molecular complexity index is 268. The molecule has 0 aromatic rings. The number of nitrogens with zero attached hydrogens (tertiary/aromatic N) is 1. The highest BCUT2D eigenvalue weighted by molar-refractivity contribution is 5.80. The van der Waals surface area contributed by atoms with E-state index in [1.807, 2.05) is 4.90 Å². The molecule has 1 aliphatic heterocycles. The van der Waals surface area contributed by atoms with E-state index in [9.17, 15) is 9.18 Å². The largest absolute Gasteiger partial charge is 0.342 e. The molecule has 14 heavy (non-hydrogen) atoms. The first-order valence-corrected chi connectivity index (χ1v) is 5.61. The Kier molecular flexibility index (Phi) is 1.68. The van der Waals surface area contributed by atoms with Gasteiger partial charge in [-0.05, 0) is 37.5 Å². The fourth-order valence-electron chi connectivity index (χ4n) is 2.72. The molecule has 0 atom stereocenters. The molecule has 2 aliphatic carbocycles. The zero-order valence-corrected chi connectivity index (χ0v) is 8.34. The van der Waals surface area contributed by atoms with Crippen molar-refractivity contribution in [2.75, 3.05) is 13.1 Å². The van der Waals surface area contributed by atoms with Gasteiger partial charge in [-0.25, -0.2) is 4.39 Å². The summed E-state index contributed by atoms with van der Waals surface area (Å²) in [5.41, 5.74) is 0.508. The minimum Gasteiger partial charge on any atom is -0.342 e. The van der Waals surface area contributed by atoms with Crippen LogP contribution in [0.5, 0.6) is 0 Å². The minimum absolute atomic E-state index is 0.0129. The summed E-state index contributed by atoms with van der Waals surface area (Å²) in [4.78, 5) is 13.8. The van der Waals surface area contributed by atoms with E-state index in [0.29, 0.717) is 18.3 Å². The van der Waals surface area contributed by atoms with E-state index in [1.165, 1.54) is 19.3 Å². The summed E-state index contributed by atoms with van der Waals surface area (Å²) in [6, 6.07) is 0. The van der Waals surface area contributed by atoms with E-state index < -0.39 is 6.17 Å². The van der Waals surface area contributed by atoms with Gasteiger partial charge < -0.3 is 4.90 Å². The van der Waals surface area contributed by atoms with Crippen molar-refractivity contribution < 1.29 is 9.18 Å². The van der Waals surface area contributed by atoms with Crippen molar-refractivity contribution >= 4 is 5.91 Å². The molecule has 1 amide bonds. The molecule has 0 aromatic heterocycles. The summed E-state index contributed by atoms with van der Waals surface area (Å²) in [5, 5.41) is 0. The molecule has 1 saturated heterocycles. The third-order valence-corrected chi connectivity index (χ3v) is 4.14. The molecule has 0 unspecified atom stereocenters. The lowest BCUT2D eigenvalue weighted by Gasteiger charge is -2.32. The highest BCUT2D eigenvalue weighted by atomic mass is 19.1. The monoisotopic (exact) mass is 197 g/mol. The zero-order chi connectivity index (χ0) is 9.76. The van der Waals surface area contributed by atoms with Crippen molar-refractivity contribution in [3.63, 3.8) is 0 Å². The van der Waals surface area contributed by atoms with Crippen LogP contribution in [0.3, 0.4) is 0 Å². The topological polar surface area (TPSA) is 20.3 Å². The summed E-state index contributed by atoms with van der Waals surface area (Å²) < 4.78 is 12.6. The number of rotatable bonds is 1. The molecule has 2 saturated carbocycles. The van der Waals surface area contributed by atoms with Gasteiger partial charge in [-0.1, -0.05) is 0 Å². The van der Waals surface area contributed by atoms with Gasteiger partial charge in [0, 0.05) is 19.0 Å². The number of carbonyl (C=O) groups excluding carboxylic acids is 1. The maximum Gasteiger partial charge on any atom is 0.225 e. The zero-order valence-electron chi connectivity index (χ0n) is 8.34. The van der Waals surface area contributed by atoms with Crippen LogP contribution >= 0.6 is 0 Å². The number of amides is 1. The normalized spacial score (nSPS) is 38.5. The maximum absolute atomic E-state index is 12.6. The van der Waals surface area contributed by atoms with Crippen LogP contribution in [0.2, 0.25) is 0 Å². The lowest BCUT2D eigenvalue weighted by molar-refractivity contribution is -0.139. The van der Waals surface area contributed by atoms with Crippen LogP contribution in [0.1, 0.15) is 32.1 Å². The molecule has 1 heterocycles. The first-order valence-electron chi connectivity index (χ1n) is 5.61. The lowest BCUT2D eigenvalue weighted by atomic mass is 9.82. The molecule has 0 radical (unpaired) electrons. The summed E-state index contributed by atoms with van der Waals surface area (Å²) in [7, 11) is 0. The van der Waals surface area contributed by atoms with Gasteiger partial charge in [-0.3, -0.25) is 4.79 Å². The third kappa shape index (κ3) is 1.25. The van der Waals surface area contributed by atoms with Gasteiger partial charge in [0.2, 0.25) is 5.91 Å². The third-order valence-electron chi connectivity index (χ3n) is 4.14. The molecule has 3 heteroatoms. The number of likely N-dealkylation sites (tertiary alicyclic amines) is 1. The van der Waals surface area contributed by atoms with E-state index in [2.05, 4.69) is 0 Å². The molecule has 0 N–H and O–H groups in total.